The van der Waals surface area contributed by atoms with Crippen LogP contribution in [0.15, 0.2) is 28.8 Å². The molecule has 0 atom stereocenters. The summed E-state index contributed by atoms with van der Waals surface area (Å²) in [5.74, 6) is -0.988. The second-order valence-corrected chi connectivity index (χ2v) is 3.48. The van der Waals surface area contributed by atoms with Gasteiger partial charge in [-0.05, 0) is 17.7 Å². The van der Waals surface area contributed by atoms with Crippen LogP contribution in [0, 0.1) is 5.82 Å². The third-order valence-electron chi connectivity index (χ3n) is 2.06. The lowest BCUT2D eigenvalue weighted by molar-refractivity contribution is -0.136. The Kier molecular flexibility index (Phi) is 3.13. The molecule has 0 aliphatic carbocycles. The van der Waals surface area contributed by atoms with E-state index in [0.717, 1.165) is 0 Å². The van der Waals surface area contributed by atoms with E-state index in [1.165, 1.54) is 12.1 Å². The maximum atomic E-state index is 12.9. The first-order valence-corrected chi connectivity index (χ1v) is 4.91. The lowest BCUT2D eigenvalue weighted by Crippen LogP contribution is -2.00. The van der Waals surface area contributed by atoms with E-state index in [-0.39, 0.29) is 18.1 Å². The first-order valence-electron chi connectivity index (χ1n) is 4.91. The number of carboxylic acid groups (broad SMARTS) is 1. The number of halogens is 1. The zero-order chi connectivity index (χ0) is 12.3. The summed E-state index contributed by atoms with van der Waals surface area (Å²) in [5, 5.41) is 12.1. The Balaban J connectivity index is 2.08. The van der Waals surface area contributed by atoms with Crippen LogP contribution in [0.1, 0.15) is 17.3 Å². The fourth-order valence-electron chi connectivity index (χ4n) is 1.39. The van der Waals surface area contributed by atoms with Gasteiger partial charge in [-0.1, -0.05) is 17.3 Å². The molecule has 0 saturated heterocycles. The second-order valence-electron chi connectivity index (χ2n) is 3.48. The van der Waals surface area contributed by atoms with Crippen LogP contribution in [0.2, 0.25) is 0 Å². The molecule has 17 heavy (non-hydrogen) atoms. The Labute approximate surface area is 95.9 Å². The number of hydrogen-bond donors (Lipinski definition) is 1. The molecule has 5 nitrogen and oxygen atoms in total. The van der Waals surface area contributed by atoms with Gasteiger partial charge in [0.25, 0.3) is 0 Å². The molecule has 0 aliphatic rings. The SMILES string of the molecule is O=C(O)Cc1nc(Cc2cccc(F)c2)no1. The quantitative estimate of drug-likeness (QED) is 0.868. The zero-order valence-electron chi connectivity index (χ0n) is 8.76. The average molecular weight is 236 g/mol. The van der Waals surface area contributed by atoms with Crippen molar-refractivity contribution >= 4 is 5.97 Å². The predicted molar refractivity (Wildman–Crippen MR) is 54.8 cm³/mol. The zero-order valence-corrected chi connectivity index (χ0v) is 8.76. The number of benzene rings is 1. The van der Waals surface area contributed by atoms with E-state index in [1.807, 2.05) is 0 Å². The topological polar surface area (TPSA) is 76.2 Å². The Morgan fingerprint density at radius 1 is 1.47 bits per heavy atom. The molecule has 0 radical (unpaired) electrons. The van der Waals surface area contributed by atoms with Crippen LogP contribution in [0.4, 0.5) is 4.39 Å². The summed E-state index contributed by atoms with van der Waals surface area (Å²) in [6, 6.07) is 6.03. The molecular weight excluding hydrogens is 227 g/mol. The van der Waals surface area contributed by atoms with E-state index in [4.69, 9.17) is 9.63 Å². The molecule has 0 spiro atoms. The standard InChI is InChI=1S/C11H9FN2O3/c12-8-3-1-2-7(4-8)5-9-13-10(17-14-9)6-11(15)16/h1-4H,5-6H2,(H,15,16). The lowest BCUT2D eigenvalue weighted by Gasteiger charge is -1.95. The van der Waals surface area contributed by atoms with E-state index in [9.17, 15) is 9.18 Å². The van der Waals surface area contributed by atoms with Crippen LogP contribution in [-0.4, -0.2) is 21.2 Å². The number of aliphatic carboxylic acids is 1. The number of rotatable bonds is 4. The molecule has 1 N–H and O–H groups in total. The normalized spacial score (nSPS) is 10.4. The minimum Gasteiger partial charge on any atom is -0.481 e. The van der Waals surface area contributed by atoms with Gasteiger partial charge in [-0.15, -0.1) is 0 Å². The van der Waals surface area contributed by atoms with Crippen molar-refractivity contribution in [1.29, 1.82) is 0 Å². The molecule has 2 rings (SSSR count). The molecule has 0 bridgehead atoms. The molecule has 2 aromatic rings. The highest BCUT2D eigenvalue weighted by molar-refractivity contribution is 5.68. The Hall–Kier alpha value is -2.24. The number of nitrogens with zero attached hydrogens (tertiary/aromatic N) is 2. The molecule has 0 unspecified atom stereocenters. The summed E-state index contributed by atoms with van der Waals surface area (Å²) in [4.78, 5) is 14.3. The molecule has 0 amide bonds. The van der Waals surface area contributed by atoms with Crippen molar-refractivity contribution in [2.45, 2.75) is 12.8 Å². The van der Waals surface area contributed by atoms with Gasteiger partial charge in [-0.25, -0.2) is 4.39 Å². The predicted octanol–water partition coefficient (Wildman–Crippen LogP) is 1.43. The van der Waals surface area contributed by atoms with E-state index >= 15 is 0 Å². The van der Waals surface area contributed by atoms with Gasteiger partial charge in [0.05, 0.1) is 0 Å². The van der Waals surface area contributed by atoms with Gasteiger partial charge >= 0.3 is 5.97 Å². The highest BCUT2D eigenvalue weighted by Crippen LogP contribution is 2.09. The monoisotopic (exact) mass is 236 g/mol. The van der Waals surface area contributed by atoms with E-state index in [1.54, 1.807) is 12.1 Å². The molecule has 6 heteroatoms. The summed E-state index contributed by atoms with van der Waals surface area (Å²) in [6.45, 7) is 0. The second kappa shape index (κ2) is 4.73. The van der Waals surface area contributed by atoms with Crippen molar-refractivity contribution in [3.63, 3.8) is 0 Å². The van der Waals surface area contributed by atoms with Crippen LogP contribution in [0.5, 0.6) is 0 Å². The van der Waals surface area contributed by atoms with Crippen molar-refractivity contribution in [2.24, 2.45) is 0 Å². The number of carbonyl (C=O) groups is 1. The first-order chi connectivity index (χ1) is 8.13. The number of carboxylic acids is 1. The van der Waals surface area contributed by atoms with Gasteiger partial charge < -0.3 is 9.63 Å². The summed E-state index contributed by atoms with van der Waals surface area (Å²) in [7, 11) is 0. The van der Waals surface area contributed by atoms with Crippen LogP contribution < -0.4 is 0 Å². The highest BCUT2D eigenvalue weighted by Gasteiger charge is 2.10. The van der Waals surface area contributed by atoms with E-state index in [2.05, 4.69) is 10.1 Å². The Bertz CT molecular complexity index is 539. The van der Waals surface area contributed by atoms with Crippen LogP contribution >= 0.6 is 0 Å². The van der Waals surface area contributed by atoms with Crippen molar-refractivity contribution in [2.75, 3.05) is 0 Å². The van der Waals surface area contributed by atoms with Gasteiger partial charge in [0.2, 0.25) is 5.89 Å². The maximum absolute atomic E-state index is 12.9. The molecule has 0 saturated carbocycles. The lowest BCUT2D eigenvalue weighted by atomic mass is 10.1. The summed E-state index contributed by atoms with van der Waals surface area (Å²) < 4.78 is 17.6. The minimum absolute atomic E-state index is 0.0453. The van der Waals surface area contributed by atoms with Gasteiger partial charge in [0.1, 0.15) is 12.2 Å². The maximum Gasteiger partial charge on any atom is 0.312 e. The van der Waals surface area contributed by atoms with Gasteiger partial charge in [0, 0.05) is 6.42 Å². The Morgan fingerprint density at radius 3 is 3.00 bits per heavy atom. The molecule has 1 aromatic heterocycles. The summed E-state index contributed by atoms with van der Waals surface area (Å²) in [5.41, 5.74) is 0.702. The fourth-order valence-corrected chi connectivity index (χ4v) is 1.39. The highest BCUT2D eigenvalue weighted by atomic mass is 19.1. The van der Waals surface area contributed by atoms with Crippen LogP contribution in [0.25, 0.3) is 0 Å². The largest absolute Gasteiger partial charge is 0.481 e. The Morgan fingerprint density at radius 2 is 2.29 bits per heavy atom. The molecule has 1 heterocycles. The van der Waals surface area contributed by atoms with Crippen LogP contribution in [-0.2, 0) is 17.6 Å². The van der Waals surface area contributed by atoms with E-state index in [0.29, 0.717) is 17.8 Å². The first kappa shape index (κ1) is 11.3. The molecular formula is C11H9FN2O3. The summed E-state index contributed by atoms with van der Waals surface area (Å²) >= 11 is 0. The summed E-state index contributed by atoms with van der Waals surface area (Å²) in [6.07, 6.45) is -0.00295. The number of hydrogen-bond acceptors (Lipinski definition) is 4. The minimum atomic E-state index is -1.04. The van der Waals surface area contributed by atoms with Crippen molar-refractivity contribution in [3.8, 4) is 0 Å². The van der Waals surface area contributed by atoms with Crippen LogP contribution in [0.3, 0.4) is 0 Å². The van der Waals surface area contributed by atoms with Gasteiger partial charge in [-0.2, -0.15) is 4.98 Å². The molecule has 0 fully saturated rings. The van der Waals surface area contributed by atoms with Crippen molar-refractivity contribution in [1.82, 2.24) is 10.1 Å². The number of aromatic nitrogens is 2. The van der Waals surface area contributed by atoms with Crippen molar-refractivity contribution < 1.29 is 18.8 Å². The molecule has 1 aromatic carbocycles. The average Bonchev–Trinajstić information content (AvgIpc) is 2.64. The smallest absolute Gasteiger partial charge is 0.312 e. The molecule has 0 aliphatic heterocycles. The molecule has 88 valence electrons. The van der Waals surface area contributed by atoms with Gasteiger partial charge in [0.15, 0.2) is 5.82 Å². The van der Waals surface area contributed by atoms with Crippen molar-refractivity contribution in [3.05, 3.63) is 47.4 Å². The third kappa shape index (κ3) is 3.10. The van der Waals surface area contributed by atoms with Gasteiger partial charge in [-0.3, -0.25) is 4.79 Å². The van der Waals surface area contributed by atoms with E-state index < -0.39 is 5.97 Å². The fraction of sp³-hybridized carbons (Fsp3) is 0.182. The third-order valence-corrected chi connectivity index (χ3v) is 2.06.